The van der Waals surface area contributed by atoms with Crippen LogP contribution in [0.3, 0.4) is 0 Å². The van der Waals surface area contributed by atoms with Crippen LogP contribution in [0.1, 0.15) is 98.3 Å². The molecule has 3 saturated carbocycles. The fourth-order valence-corrected chi connectivity index (χ4v) is 9.19. The quantitative estimate of drug-likeness (QED) is 0.299. The van der Waals surface area contributed by atoms with Crippen LogP contribution in [0.5, 0.6) is 0 Å². The van der Waals surface area contributed by atoms with Crippen molar-refractivity contribution < 1.29 is 30.3 Å². The number of rotatable bonds is 6. The molecule has 8 heteroatoms. The number of hydrogen-bond acceptors (Lipinski definition) is 3. The van der Waals surface area contributed by atoms with Crippen molar-refractivity contribution in [1.29, 1.82) is 0 Å². The van der Waals surface area contributed by atoms with Gasteiger partial charge in [-0.3, -0.25) is 4.55 Å². The van der Waals surface area contributed by atoms with Crippen LogP contribution in [0.4, 0.5) is 13.2 Å². The van der Waals surface area contributed by atoms with E-state index >= 15 is 0 Å². The monoisotopic (exact) mass is 506 g/mol. The third-order valence-electron chi connectivity index (χ3n) is 10.6. The molecule has 4 aliphatic carbocycles. The molecule has 4 rings (SSSR count). The first kappa shape index (κ1) is 26.5. The zero-order valence-electron chi connectivity index (χ0n) is 21.0. The Hall–Kier alpha value is -0.600. The Balaban J connectivity index is 1.45. The summed E-state index contributed by atoms with van der Waals surface area (Å²) in [5, 5.41) is 0. The van der Waals surface area contributed by atoms with Crippen molar-refractivity contribution in [3.8, 4) is 0 Å². The van der Waals surface area contributed by atoms with Crippen LogP contribution in [-0.2, 0) is 14.6 Å². The van der Waals surface area contributed by atoms with Gasteiger partial charge in [0, 0.05) is 0 Å². The van der Waals surface area contributed by atoms with E-state index in [1.54, 1.807) is 6.92 Å². The summed E-state index contributed by atoms with van der Waals surface area (Å²) < 4.78 is 75.9. The highest BCUT2D eigenvalue weighted by Crippen LogP contribution is 2.67. The Morgan fingerprint density at radius 2 is 1.82 bits per heavy atom. The van der Waals surface area contributed by atoms with Crippen molar-refractivity contribution >= 4 is 10.4 Å². The minimum atomic E-state index is -4.50. The summed E-state index contributed by atoms with van der Waals surface area (Å²) in [7, 11) is -4.50. The van der Waals surface area contributed by atoms with Crippen molar-refractivity contribution in [2.75, 3.05) is 0 Å². The second-order valence-electron chi connectivity index (χ2n) is 12.6. The predicted molar refractivity (Wildman–Crippen MR) is 125 cm³/mol. The molecule has 0 amide bonds. The second kappa shape index (κ2) is 8.76. The van der Waals surface area contributed by atoms with E-state index in [-0.39, 0.29) is 17.3 Å². The molecule has 1 N–H and O–H groups in total. The van der Waals surface area contributed by atoms with Gasteiger partial charge in [0.1, 0.15) is 0 Å². The Labute approximate surface area is 203 Å². The van der Waals surface area contributed by atoms with Crippen molar-refractivity contribution in [3.63, 3.8) is 0 Å². The summed E-state index contributed by atoms with van der Waals surface area (Å²) >= 11 is 0. The molecule has 0 spiro atoms. The van der Waals surface area contributed by atoms with Crippen LogP contribution < -0.4 is 0 Å². The molecule has 0 saturated heterocycles. The average Bonchev–Trinajstić information content (AvgIpc) is 3.03. The first-order valence-corrected chi connectivity index (χ1v) is 14.4. The van der Waals surface area contributed by atoms with Crippen molar-refractivity contribution in [2.45, 2.75) is 110 Å². The third-order valence-corrected chi connectivity index (χ3v) is 11.2. The normalized spacial score (nSPS) is 43.5. The molecule has 3 fully saturated rings. The van der Waals surface area contributed by atoms with Crippen molar-refractivity contribution in [1.82, 2.24) is 0 Å². The minimum Gasteiger partial charge on any atom is -0.264 e. The molecule has 0 unspecified atom stereocenters. The van der Waals surface area contributed by atoms with E-state index in [1.165, 1.54) is 18.9 Å². The number of alkyl halides is 3. The predicted octanol–water partition coefficient (Wildman–Crippen LogP) is 7.51. The van der Waals surface area contributed by atoms with E-state index < -0.39 is 28.1 Å². The van der Waals surface area contributed by atoms with E-state index in [0.717, 1.165) is 38.5 Å². The van der Waals surface area contributed by atoms with Gasteiger partial charge in [-0.2, -0.15) is 21.6 Å². The number of hydrogen-bond donors (Lipinski definition) is 1. The lowest BCUT2D eigenvalue weighted by atomic mass is 9.46. The molecule has 0 aromatic rings. The zero-order chi connectivity index (χ0) is 25.2. The second-order valence-corrected chi connectivity index (χ2v) is 13.6. The van der Waals surface area contributed by atoms with Crippen LogP contribution in [0.25, 0.3) is 0 Å². The van der Waals surface area contributed by atoms with Crippen LogP contribution in [0.15, 0.2) is 11.6 Å². The molecular formula is C26H41F3O4S. The molecule has 0 aromatic carbocycles. The van der Waals surface area contributed by atoms with Gasteiger partial charge in [0.2, 0.25) is 0 Å². The third kappa shape index (κ3) is 4.84. The summed E-state index contributed by atoms with van der Waals surface area (Å²) in [5.74, 6) is 1.02. The highest BCUT2D eigenvalue weighted by molar-refractivity contribution is 7.80. The first-order chi connectivity index (χ1) is 15.6. The van der Waals surface area contributed by atoms with Gasteiger partial charge in [-0.05, 0) is 106 Å². The average molecular weight is 507 g/mol. The Bertz CT molecular complexity index is 915. The van der Waals surface area contributed by atoms with Crippen LogP contribution in [-0.4, -0.2) is 24.7 Å². The summed E-state index contributed by atoms with van der Waals surface area (Å²) in [6, 6.07) is 0. The molecular weight excluding hydrogens is 465 g/mol. The summed E-state index contributed by atoms with van der Waals surface area (Å²) in [4.78, 5) is 0. The van der Waals surface area contributed by atoms with Crippen molar-refractivity contribution in [3.05, 3.63) is 11.6 Å². The molecule has 0 aromatic heterocycles. The van der Waals surface area contributed by atoms with Crippen LogP contribution >= 0.6 is 0 Å². The fourth-order valence-electron chi connectivity index (χ4n) is 8.53. The highest BCUT2D eigenvalue weighted by Gasteiger charge is 2.59. The lowest BCUT2D eigenvalue weighted by Gasteiger charge is -2.59. The topological polar surface area (TPSA) is 63.6 Å². The van der Waals surface area contributed by atoms with E-state index in [0.29, 0.717) is 42.9 Å². The molecule has 0 bridgehead atoms. The van der Waals surface area contributed by atoms with Gasteiger partial charge in [0.05, 0.1) is 11.5 Å². The van der Waals surface area contributed by atoms with E-state index in [4.69, 9.17) is 4.18 Å². The largest absolute Gasteiger partial charge is 0.397 e. The van der Waals surface area contributed by atoms with Crippen LogP contribution in [0.2, 0.25) is 0 Å². The van der Waals surface area contributed by atoms with E-state index in [2.05, 4.69) is 19.9 Å². The summed E-state index contributed by atoms with van der Waals surface area (Å²) in [6.07, 6.45) is 7.46. The van der Waals surface area contributed by atoms with E-state index in [9.17, 15) is 26.1 Å². The smallest absolute Gasteiger partial charge is 0.264 e. The van der Waals surface area contributed by atoms with Gasteiger partial charge in [0.15, 0.2) is 0 Å². The Morgan fingerprint density at radius 1 is 1.12 bits per heavy atom. The Morgan fingerprint density at radius 3 is 2.47 bits per heavy atom. The molecule has 0 heterocycles. The summed E-state index contributed by atoms with van der Waals surface area (Å²) in [6.45, 7) is 7.80. The summed E-state index contributed by atoms with van der Waals surface area (Å²) in [5.41, 5.74) is 0.597. The molecule has 8 atom stereocenters. The fraction of sp³-hybridized carbons (Fsp3) is 0.923. The SMILES string of the molecule is C[C@H](CCC[C@H]1CC[C@H]2[C@@H]3CC=C4C[C@@](C)(OS(=O)(=O)O)CC[C@]4(C)[C@H]3CC[C@]12C)C(F)(F)F. The molecule has 0 radical (unpaired) electrons. The van der Waals surface area contributed by atoms with Crippen molar-refractivity contribution in [2.24, 2.45) is 40.4 Å². The molecule has 34 heavy (non-hydrogen) atoms. The number of allylic oxidation sites excluding steroid dienone is 1. The van der Waals surface area contributed by atoms with Gasteiger partial charge in [-0.25, -0.2) is 4.18 Å². The first-order valence-electron chi connectivity index (χ1n) is 13.0. The zero-order valence-corrected chi connectivity index (χ0v) is 21.8. The molecule has 4 aliphatic rings. The molecule has 4 nitrogen and oxygen atoms in total. The number of halogens is 3. The maximum Gasteiger partial charge on any atom is 0.397 e. The molecule has 196 valence electrons. The van der Waals surface area contributed by atoms with Gasteiger partial charge in [-0.15, -0.1) is 0 Å². The standard InChI is InChI=1S/C26H41F3O4S/c1-17(26(27,28)29)6-5-7-18-9-11-21-20-10-8-19-16-23(2,33-34(30,31)32)14-15-25(19,4)22(20)12-13-24(18,21)3/h8,17-18,20-22H,5-7,9-16H2,1-4H3,(H,30,31,32)/t17-,18+,20+,21+,22+,23+,24-,25+/m1/s1. The Kier molecular flexibility index (Phi) is 6.82. The van der Waals surface area contributed by atoms with Crippen LogP contribution in [0, 0.1) is 40.4 Å². The lowest BCUT2D eigenvalue weighted by molar-refractivity contribution is -0.171. The van der Waals surface area contributed by atoms with Gasteiger partial charge < -0.3 is 0 Å². The number of fused-ring (bicyclic) bond motifs is 5. The maximum absolute atomic E-state index is 12.9. The van der Waals surface area contributed by atoms with Gasteiger partial charge >= 0.3 is 16.6 Å². The minimum absolute atomic E-state index is 0.0204. The van der Waals surface area contributed by atoms with Gasteiger partial charge in [0.25, 0.3) is 0 Å². The van der Waals surface area contributed by atoms with Gasteiger partial charge in [-0.1, -0.05) is 38.8 Å². The lowest BCUT2D eigenvalue weighted by Crippen LogP contribution is -2.52. The highest BCUT2D eigenvalue weighted by atomic mass is 32.3. The maximum atomic E-state index is 12.9. The van der Waals surface area contributed by atoms with E-state index in [1.807, 2.05) is 0 Å². The molecule has 0 aliphatic heterocycles.